The van der Waals surface area contributed by atoms with Crippen LogP contribution in [-0.2, 0) is 18.6 Å². The van der Waals surface area contributed by atoms with Crippen LogP contribution in [0.1, 0.15) is 405 Å². The maximum absolute atomic E-state index is 11.0. The lowest BCUT2D eigenvalue weighted by Gasteiger charge is -2.25. The molecule has 36 heteroatoms. The van der Waals surface area contributed by atoms with E-state index in [9.17, 15) is 43.2 Å². The summed E-state index contributed by atoms with van der Waals surface area (Å²) in [4.78, 5) is 95.5. The molecule has 0 aromatic carbocycles. The Morgan fingerprint density at radius 3 is 0.992 bits per heavy atom. The van der Waals surface area contributed by atoms with Crippen LogP contribution in [0, 0.1) is 47.3 Å². The lowest BCUT2D eigenvalue weighted by molar-refractivity contribution is 0.0677. The molecule has 724 valence electrons. The average Bonchev–Trinajstić information content (AvgIpc) is 1.80. The fourth-order valence-corrected chi connectivity index (χ4v) is 14.5. The van der Waals surface area contributed by atoms with E-state index >= 15 is 0 Å². The van der Waals surface area contributed by atoms with Crippen LogP contribution in [0.15, 0.2) is 110 Å². The second-order valence-corrected chi connectivity index (χ2v) is 36.3. The van der Waals surface area contributed by atoms with Crippen LogP contribution in [0.4, 0.5) is 0 Å². The number of carboxylic acid groups (broad SMARTS) is 9. The van der Waals surface area contributed by atoms with Crippen molar-refractivity contribution >= 4 is 53.7 Å². The molecule has 1 saturated carbocycles. The van der Waals surface area contributed by atoms with Crippen molar-refractivity contribution in [3.8, 4) is 0 Å². The molecule has 0 amide bonds. The molecule has 9 aromatic heterocycles. The van der Waals surface area contributed by atoms with Crippen molar-refractivity contribution < 1.29 is 89.1 Å². The maximum atomic E-state index is 11.0. The van der Waals surface area contributed by atoms with Crippen LogP contribution in [0.3, 0.4) is 0 Å². The van der Waals surface area contributed by atoms with Gasteiger partial charge in [-0.15, -0.1) is 0 Å². The number of aromatic carboxylic acids is 9. The summed E-state index contributed by atoms with van der Waals surface area (Å²) < 4.78 is 15.6. The maximum Gasteiger partial charge on any atom is 0.356 e. The predicted molar refractivity (Wildman–Crippen MR) is 496 cm³/mol. The van der Waals surface area contributed by atoms with Gasteiger partial charge in [0, 0.05) is 74.9 Å². The number of aromatic nitrogens is 18. The molecule has 9 aromatic rings. The van der Waals surface area contributed by atoms with Gasteiger partial charge in [0.2, 0.25) is 0 Å². The van der Waals surface area contributed by atoms with Crippen LogP contribution in [0.2, 0.25) is 0 Å². The molecule has 9 N–H and O–H groups in total. The zero-order valence-corrected chi connectivity index (χ0v) is 80.9. The van der Waals surface area contributed by atoms with E-state index in [2.05, 4.69) is 171 Å². The minimum atomic E-state index is -0.988. The van der Waals surface area contributed by atoms with Crippen molar-refractivity contribution in [3.05, 3.63) is 162 Å². The zero-order valence-electron chi connectivity index (χ0n) is 80.9. The molecule has 3 atom stereocenters. The summed E-state index contributed by atoms with van der Waals surface area (Å²) in [5.41, 5.74) is 0.912. The van der Waals surface area contributed by atoms with Crippen LogP contribution in [-0.4, -0.2) is 188 Å². The Hall–Kier alpha value is -11.9. The average molecular weight is 1820 g/mol. The van der Waals surface area contributed by atoms with Crippen LogP contribution >= 0.6 is 0 Å². The first kappa shape index (κ1) is 114. The van der Waals surface area contributed by atoms with Gasteiger partial charge in [-0.3, -0.25) is 42.1 Å². The highest BCUT2D eigenvalue weighted by Crippen LogP contribution is 2.31. The number of nitrogens with zero attached hydrogens (tertiary/aromatic N) is 18. The van der Waals surface area contributed by atoms with Gasteiger partial charge in [-0.25, -0.2) is 43.2 Å². The molecule has 3 unspecified atom stereocenters. The van der Waals surface area contributed by atoms with Gasteiger partial charge >= 0.3 is 53.7 Å². The van der Waals surface area contributed by atoms with E-state index in [0.717, 1.165) is 83.7 Å². The van der Waals surface area contributed by atoms with Crippen molar-refractivity contribution in [2.24, 2.45) is 47.3 Å². The Kier molecular flexibility index (Phi) is 51.5. The molecule has 1 aliphatic carbocycles. The molecule has 36 nitrogen and oxygen atoms in total. The largest absolute Gasteiger partial charge is 0.476 e. The van der Waals surface area contributed by atoms with Crippen molar-refractivity contribution in [2.45, 2.75) is 330 Å². The Morgan fingerprint density at radius 1 is 0.346 bits per heavy atom. The minimum Gasteiger partial charge on any atom is -0.476 e. The summed E-state index contributed by atoms with van der Waals surface area (Å²) in [6.07, 6.45) is 35.7. The van der Waals surface area contributed by atoms with E-state index in [4.69, 9.17) is 46.0 Å². The first-order chi connectivity index (χ1) is 61.0. The number of aryl methyl sites for hydroxylation is 1. The summed E-state index contributed by atoms with van der Waals surface area (Å²) in [5, 5.41) is 114. The quantitative estimate of drug-likeness (QED) is 0.0173. The fraction of sp³-hybridized carbons (Fsp3) is 0.617. The molecule has 130 heavy (non-hydrogen) atoms. The van der Waals surface area contributed by atoms with Gasteiger partial charge < -0.3 is 46.0 Å². The molecular formula is C94H150N18O18. The van der Waals surface area contributed by atoms with E-state index in [1.54, 1.807) is 114 Å². The molecule has 10 rings (SSSR count). The summed E-state index contributed by atoms with van der Waals surface area (Å²) in [7, 11) is 0. The van der Waals surface area contributed by atoms with Crippen LogP contribution in [0.5, 0.6) is 0 Å². The van der Waals surface area contributed by atoms with Gasteiger partial charge in [0.15, 0.2) is 51.2 Å². The van der Waals surface area contributed by atoms with E-state index in [-0.39, 0.29) is 74.9 Å². The lowest BCUT2D eigenvalue weighted by atomic mass is 9.89. The fourth-order valence-electron chi connectivity index (χ4n) is 14.5. The first-order valence-electron chi connectivity index (χ1n) is 45.5. The second-order valence-electron chi connectivity index (χ2n) is 36.3. The standard InChI is InChI=1S/C16H28N2O2.C13H22N2O2.C12H20N2O2.C11H18N2O2.C10H14N2O2.C9H14N2O2.2C8H12N2O2.C7H10N2O2/c1-11(2)8-13(5)10-14(9-12(3)4)18-7-6-15(17-18)16(19)20;1-9(2)7-11(8-10(3)4)15-6-5-12(14-15)13(16)17;1-3-5-6-10(4-2)9-14-8-7-11(13-14)12(15)16;1-7(2)10(8(3)4)13-6-5-9(12-13)11(14)15;13-10(14)9-6-7-12(11-9)8-4-2-1-3-5-8;1-3-7(4-2)11-6-5-8(10-11)9(12)13;1-8(2,3)10-5-4-6(9-10)7(11)12;1-2-3-5-10-6-4-7(9-10)8(11)12;1-5(2)9-4-3-6(8-9)7(10)11/h6-7,11-14H,8-10H2,1-5H3,(H,19,20);5-6,9-11H,7-8H2,1-4H3,(H,16,17);7-8,10H,3-6,9H2,1-2H3,(H,15,16);5-8,10H,1-4H3,(H,14,15);6-8H,1-5H2,(H,13,14);5-7H,3-4H2,1-2H3,(H,12,13);4-5H,1-3H3,(H,11,12);4,6H,2-3,5H2,1H3,(H,11,12);3-5H,1-2H3,(H,10,11). The van der Waals surface area contributed by atoms with Gasteiger partial charge in [-0.1, -0.05) is 170 Å². The molecule has 9 heterocycles. The van der Waals surface area contributed by atoms with E-state index in [1.165, 1.54) is 69.2 Å². The number of rotatable bonds is 38. The van der Waals surface area contributed by atoms with Crippen molar-refractivity contribution in [3.63, 3.8) is 0 Å². The molecule has 0 bridgehead atoms. The zero-order chi connectivity index (χ0) is 98.4. The summed E-state index contributed by atoms with van der Waals surface area (Å²) >= 11 is 0. The van der Waals surface area contributed by atoms with E-state index < -0.39 is 53.7 Å². The van der Waals surface area contributed by atoms with Crippen molar-refractivity contribution in [2.75, 3.05) is 0 Å². The van der Waals surface area contributed by atoms with Crippen molar-refractivity contribution in [1.82, 2.24) is 88.0 Å². The highest BCUT2D eigenvalue weighted by Gasteiger charge is 2.25. The Morgan fingerprint density at radius 2 is 0.669 bits per heavy atom. The number of unbranched alkanes of at least 4 members (excludes halogenated alkanes) is 2. The molecule has 0 spiro atoms. The predicted octanol–water partition coefficient (Wildman–Crippen LogP) is 20.6. The van der Waals surface area contributed by atoms with Gasteiger partial charge in [0.25, 0.3) is 0 Å². The van der Waals surface area contributed by atoms with Crippen LogP contribution < -0.4 is 0 Å². The van der Waals surface area contributed by atoms with Gasteiger partial charge in [-0.2, -0.15) is 45.9 Å². The van der Waals surface area contributed by atoms with E-state index in [1.807, 2.05) is 48.7 Å². The number of hydrogen-bond donors (Lipinski definition) is 9. The Balaban J connectivity index is 0.000000497. The highest BCUT2D eigenvalue weighted by atomic mass is 16.4. The lowest BCUT2D eigenvalue weighted by Crippen LogP contribution is -2.22. The van der Waals surface area contributed by atoms with Gasteiger partial charge in [0.1, 0.15) is 0 Å². The highest BCUT2D eigenvalue weighted by molar-refractivity contribution is 5.88. The number of hydrogen-bond acceptors (Lipinski definition) is 18. The van der Waals surface area contributed by atoms with Gasteiger partial charge in [-0.05, 0) is 207 Å². The molecule has 0 radical (unpaired) electrons. The van der Waals surface area contributed by atoms with Crippen molar-refractivity contribution in [1.29, 1.82) is 0 Å². The molecular weight excluding hydrogens is 1670 g/mol. The number of carbonyl (C=O) groups is 9. The Labute approximate surface area is 765 Å². The topological polar surface area (TPSA) is 496 Å². The van der Waals surface area contributed by atoms with Crippen LogP contribution in [0.25, 0.3) is 0 Å². The SMILES string of the molecule is CC(C)(C)n1ccc(C(=O)O)n1.CC(C)C(C(C)C)n1ccc(C(=O)O)n1.CC(C)CC(C)CC(CC(C)C)n1ccc(C(=O)O)n1.CC(C)CC(CC(C)C)n1ccc(C(=O)O)n1.CC(C)n1ccc(C(=O)O)n1.CCC(CC)n1ccc(C(=O)O)n1.CCCCC(CC)Cn1ccc(C(=O)O)n1.CCCCn1ccc(C(=O)O)n1.O=C(O)c1ccn(C2CCCCC2)n1. The molecule has 0 saturated heterocycles. The normalized spacial score (nSPS) is 12.6. The van der Waals surface area contributed by atoms with E-state index in [0.29, 0.717) is 65.5 Å². The Bertz CT molecular complexity index is 4760. The third-order valence-corrected chi connectivity index (χ3v) is 20.9. The smallest absolute Gasteiger partial charge is 0.356 e. The molecule has 1 fully saturated rings. The summed E-state index contributed by atoms with van der Waals surface area (Å²) in [6, 6.07) is 15.6. The second kappa shape index (κ2) is 58.6. The molecule has 0 aliphatic heterocycles. The molecule has 1 aliphatic rings. The third-order valence-electron chi connectivity index (χ3n) is 20.9. The summed E-state index contributed by atoms with van der Waals surface area (Å²) in [5.74, 6) is -4.18. The van der Waals surface area contributed by atoms with Gasteiger partial charge in [0.05, 0.1) is 35.7 Å². The monoisotopic (exact) mass is 1820 g/mol. The number of carboxylic acids is 9. The third kappa shape index (κ3) is 43.0. The minimum absolute atomic E-state index is 0.0879. The summed E-state index contributed by atoms with van der Waals surface area (Å²) in [6.45, 7) is 50.3. The first-order valence-corrected chi connectivity index (χ1v) is 45.5.